The highest BCUT2D eigenvalue weighted by molar-refractivity contribution is 7.91. The zero-order chi connectivity index (χ0) is 14.9. The zero-order valence-electron chi connectivity index (χ0n) is 11.9. The van der Waals surface area contributed by atoms with Crippen molar-refractivity contribution in [2.75, 3.05) is 11.5 Å². The molecule has 7 heteroatoms. The summed E-state index contributed by atoms with van der Waals surface area (Å²) in [6.07, 6.45) is 3.64. The molecule has 1 aromatic heterocycles. The fourth-order valence-corrected chi connectivity index (χ4v) is 4.02. The Morgan fingerprint density at radius 3 is 2.65 bits per heavy atom. The van der Waals surface area contributed by atoms with Crippen LogP contribution < -0.4 is 5.32 Å². The summed E-state index contributed by atoms with van der Waals surface area (Å²) < 4.78 is 24.4. The average molecular weight is 297 g/mol. The SMILES string of the molecule is Cc1nn(C)c(C)c1/C=C\C(=O)N[C@@H]1CCS(=O)(=O)C1. The topological polar surface area (TPSA) is 81.1 Å². The summed E-state index contributed by atoms with van der Waals surface area (Å²) in [5.74, 6) is -0.0743. The van der Waals surface area contributed by atoms with E-state index in [0.717, 1.165) is 17.0 Å². The molecule has 2 heterocycles. The normalized spacial score (nSPS) is 21.4. The van der Waals surface area contributed by atoms with Gasteiger partial charge in [0.1, 0.15) is 0 Å². The molecule has 0 aromatic carbocycles. The Labute approximate surface area is 118 Å². The Morgan fingerprint density at radius 2 is 2.15 bits per heavy atom. The lowest BCUT2D eigenvalue weighted by Gasteiger charge is -2.07. The number of carbonyl (C=O) groups excluding carboxylic acids is 1. The largest absolute Gasteiger partial charge is 0.349 e. The molecule has 1 saturated heterocycles. The molecular weight excluding hydrogens is 278 g/mol. The highest BCUT2D eigenvalue weighted by Crippen LogP contribution is 2.14. The van der Waals surface area contributed by atoms with Crippen LogP contribution in [0.2, 0.25) is 0 Å². The van der Waals surface area contributed by atoms with Gasteiger partial charge in [-0.3, -0.25) is 9.48 Å². The van der Waals surface area contributed by atoms with Crippen LogP contribution in [-0.4, -0.2) is 41.7 Å². The van der Waals surface area contributed by atoms with Crippen LogP contribution >= 0.6 is 0 Å². The Bertz CT molecular complexity index is 659. The van der Waals surface area contributed by atoms with E-state index in [9.17, 15) is 13.2 Å². The second kappa shape index (κ2) is 5.40. The highest BCUT2D eigenvalue weighted by atomic mass is 32.2. The van der Waals surface area contributed by atoms with Gasteiger partial charge in [0.15, 0.2) is 9.84 Å². The molecule has 1 fully saturated rings. The molecule has 1 aromatic rings. The second-order valence-corrected chi connectivity index (χ2v) is 7.38. The van der Waals surface area contributed by atoms with Gasteiger partial charge in [-0.2, -0.15) is 5.10 Å². The summed E-state index contributed by atoms with van der Waals surface area (Å²) in [4.78, 5) is 11.8. The van der Waals surface area contributed by atoms with Crippen LogP contribution in [0.3, 0.4) is 0 Å². The number of aryl methyl sites for hydroxylation is 2. The van der Waals surface area contributed by atoms with Crippen molar-refractivity contribution >= 4 is 21.8 Å². The highest BCUT2D eigenvalue weighted by Gasteiger charge is 2.28. The maximum atomic E-state index is 11.8. The first-order valence-corrected chi connectivity index (χ1v) is 8.30. The Hall–Kier alpha value is -1.63. The predicted octanol–water partition coefficient (Wildman–Crippen LogP) is 0.353. The first kappa shape index (κ1) is 14.8. The molecule has 0 aliphatic carbocycles. The summed E-state index contributed by atoms with van der Waals surface area (Å²) >= 11 is 0. The Kier molecular flexibility index (Phi) is 3.99. The van der Waals surface area contributed by atoms with E-state index < -0.39 is 9.84 Å². The van der Waals surface area contributed by atoms with Gasteiger partial charge in [-0.25, -0.2) is 8.42 Å². The molecule has 1 amide bonds. The lowest BCUT2D eigenvalue weighted by Crippen LogP contribution is -2.34. The number of carbonyl (C=O) groups is 1. The fraction of sp³-hybridized carbons (Fsp3) is 0.538. The van der Waals surface area contributed by atoms with Crippen molar-refractivity contribution < 1.29 is 13.2 Å². The number of amides is 1. The van der Waals surface area contributed by atoms with E-state index in [-0.39, 0.29) is 23.5 Å². The quantitative estimate of drug-likeness (QED) is 0.817. The molecule has 6 nitrogen and oxygen atoms in total. The molecule has 20 heavy (non-hydrogen) atoms. The number of hydrogen-bond donors (Lipinski definition) is 1. The van der Waals surface area contributed by atoms with Crippen LogP contribution in [0.1, 0.15) is 23.4 Å². The maximum absolute atomic E-state index is 11.8. The van der Waals surface area contributed by atoms with Crippen molar-refractivity contribution in [3.63, 3.8) is 0 Å². The fourth-order valence-electron chi connectivity index (χ4n) is 2.35. The van der Waals surface area contributed by atoms with Crippen LogP contribution in [0.5, 0.6) is 0 Å². The third-order valence-corrected chi connectivity index (χ3v) is 5.31. The smallest absolute Gasteiger partial charge is 0.244 e. The van der Waals surface area contributed by atoms with E-state index in [1.807, 2.05) is 20.9 Å². The zero-order valence-corrected chi connectivity index (χ0v) is 12.7. The molecule has 110 valence electrons. The van der Waals surface area contributed by atoms with Crippen molar-refractivity contribution in [3.8, 4) is 0 Å². The van der Waals surface area contributed by atoms with Gasteiger partial charge in [-0.05, 0) is 26.3 Å². The van der Waals surface area contributed by atoms with Gasteiger partial charge >= 0.3 is 0 Å². The van der Waals surface area contributed by atoms with E-state index in [4.69, 9.17) is 0 Å². The molecule has 1 N–H and O–H groups in total. The first-order valence-electron chi connectivity index (χ1n) is 6.48. The predicted molar refractivity (Wildman–Crippen MR) is 76.9 cm³/mol. The van der Waals surface area contributed by atoms with Crippen LogP contribution in [0.15, 0.2) is 6.08 Å². The number of aromatic nitrogens is 2. The number of nitrogens with zero attached hydrogens (tertiary/aromatic N) is 2. The summed E-state index contributed by atoms with van der Waals surface area (Å²) in [6, 6.07) is -0.270. The van der Waals surface area contributed by atoms with E-state index in [0.29, 0.717) is 6.42 Å². The van der Waals surface area contributed by atoms with Gasteiger partial charge in [0.25, 0.3) is 0 Å². The van der Waals surface area contributed by atoms with Crippen LogP contribution in [-0.2, 0) is 21.7 Å². The van der Waals surface area contributed by atoms with Crippen molar-refractivity contribution in [2.45, 2.75) is 26.3 Å². The number of hydrogen-bond acceptors (Lipinski definition) is 4. The van der Waals surface area contributed by atoms with Gasteiger partial charge in [0.2, 0.25) is 5.91 Å². The maximum Gasteiger partial charge on any atom is 0.244 e. The second-order valence-electron chi connectivity index (χ2n) is 5.15. The van der Waals surface area contributed by atoms with E-state index in [1.54, 1.807) is 10.8 Å². The minimum Gasteiger partial charge on any atom is -0.349 e. The standard InChI is InChI=1S/C13H19N3O3S/c1-9-12(10(2)16(3)15-9)4-5-13(17)14-11-6-7-20(18,19)8-11/h4-5,11H,6-8H2,1-3H3,(H,14,17)/b5-4-/t11-/m1/s1. The Morgan fingerprint density at radius 1 is 1.45 bits per heavy atom. The monoisotopic (exact) mass is 297 g/mol. The molecule has 0 saturated carbocycles. The molecule has 0 radical (unpaired) electrons. The minimum atomic E-state index is -2.97. The molecule has 1 atom stereocenters. The summed E-state index contributed by atoms with van der Waals surface area (Å²) in [5.41, 5.74) is 2.76. The van der Waals surface area contributed by atoms with Crippen molar-refractivity contribution in [1.29, 1.82) is 0 Å². The Balaban J connectivity index is 2.00. The van der Waals surface area contributed by atoms with Gasteiger partial charge < -0.3 is 5.32 Å². The lowest BCUT2D eigenvalue weighted by atomic mass is 10.2. The summed E-state index contributed by atoms with van der Waals surface area (Å²) in [5, 5.41) is 6.98. The molecule has 0 spiro atoms. The van der Waals surface area contributed by atoms with Crippen LogP contribution in [0.4, 0.5) is 0 Å². The van der Waals surface area contributed by atoms with Crippen LogP contribution in [0.25, 0.3) is 6.08 Å². The summed E-state index contributed by atoms with van der Waals surface area (Å²) in [7, 11) is -1.12. The number of rotatable bonds is 3. The van der Waals surface area contributed by atoms with Crippen LogP contribution in [0, 0.1) is 13.8 Å². The molecule has 0 unspecified atom stereocenters. The number of nitrogens with one attached hydrogen (secondary N) is 1. The molecule has 1 aliphatic heterocycles. The average Bonchev–Trinajstić information content (AvgIpc) is 2.78. The van der Waals surface area contributed by atoms with Crippen molar-refractivity contribution in [3.05, 3.63) is 23.0 Å². The van der Waals surface area contributed by atoms with Gasteiger partial charge in [0.05, 0.1) is 17.2 Å². The van der Waals surface area contributed by atoms with Crippen molar-refractivity contribution in [1.82, 2.24) is 15.1 Å². The van der Waals surface area contributed by atoms with Gasteiger partial charge in [-0.15, -0.1) is 0 Å². The van der Waals surface area contributed by atoms with E-state index >= 15 is 0 Å². The molecular formula is C13H19N3O3S. The minimum absolute atomic E-state index is 0.0392. The summed E-state index contributed by atoms with van der Waals surface area (Å²) in [6.45, 7) is 3.81. The number of sulfone groups is 1. The molecule has 0 bridgehead atoms. The van der Waals surface area contributed by atoms with E-state index in [1.165, 1.54) is 6.08 Å². The van der Waals surface area contributed by atoms with Gasteiger partial charge in [0, 0.05) is 30.4 Å². The van der Waals surface area contributed by atoms with Crippen molar-refractivity contribution in [2.24, 2.45) is 7.05 Å². The third kappa shape index (κ3) is 3.27. The lowest BCUT2D eigenvalue weighted by molar-refractivity contribution is -0.116. The van der Waals surface area contributed by atoms with Gasteiger partial charge in [-0.1, -0.05) is 0 Å². The molecule has 1 aliphatic rings. The molecule has 2 rings (SSSR count). The first-order chi connectivity index (χ1) is 9.28. The van der Waals surface area contributed by atoms with E-state index in [2.05, 4.69) is 10.4 Å². The third-order valence-electron chi connectivity index (χ3n) is 3.55.